The Morgan fingerprint density at radius 3 is 2.50 bits per heavy atom. The molecule has 0 saturated heterocycles. The maximum Gasteiger partial charge on any atom is 0.341 e. The van der Waals surface area contributed by atoms with Gasteiger partial charge in [0.1, 0.15) is 16.4 Å². The van der Waals surface area contributed by atoms with E-state index in [1.54, 1.807) is 33.3 Å². The molecule has 0 aliphatic heterocycles. The second-order valence-electron chi connectivity index (χ2n) is 6.63. The van der Waals surface area contributed by atoms with Crippen LogP contribution >= 0.6 is 22.9 Å². The first-order valence-electron chi connectivity index (χ1n) is 9.76. The van der Waals surface area contributed by atoms with Gasteiger partial charge in [0.2, 0.25) is 5.28 Å². The monoisotopic (exact) mass is 469 g/mol. The predicted molar refractivity (Wildman–Crippen MR) is 127 cm³/mol. The van der Waals surface area contributed by atoms with Gasteiger partial charge in [-0.05, 0) is 30.2 Å². The lowest BCUT2D eigenvalue weighted by Gasteiger charge is -2.13. The van der Waals surface area contributed by atoms with Gasteiger partial charge < -0.3 is 19.5 Å². The van der Waals surface area contributed by atoms with Crippen molar-refractivity contribution in [2.75, 3.05) is 26.1 Å². The van der Waals surface area contributed by atoms with Crippen molar-refractivity contribution in [3.05, 3.63) is 58.7 Å². The molecule has 0 spiro atoms. The zero-order chi connectivity index (χ0) is 22.7. The Morgan fingerprint density at radius 2 is 1.81 bits per heavy atom. The number of nitrogens with zero attached hydrogens (tertiary/aromatic N) is 2. The van der Waals surface area contributed by atoms with Crippen LogP contribution in [-0.4, -0.2) is 36.8 Å². The smallest absolute Gasteiger partial charge is 0.341 e. The van der Waals surface area contributed by atoms with Gasteiger partial charge >= 0.3 is 5.97 Å². The molecule has 0 saturated carbocycles. The Bertz CT molecular complexity index is 1280. The fourth-order valence-corrected chi connectivity index (χ4v) is 4.45. The van der Waals surface area contributed by atoms with E-state index in [2.05, 4.69) is 15.3 Å². The number of nitrogens with one attached hydrogen (secondary N) is 1. The van der Waals surface area contributed by atoms with Crippen LogP contribution in [0.2, 0.25) is 5.28 Å². The summed E-state index contributed by atoms with van der Waals surface area (Å²) in [6, 6.07) is 13.2. The van der Waals surface area contributed by atoms with Crippen LogP contribution in [0.3, 0.4) is 0 Å². The largest absolute Gasteiger partial charge is 0.493 e. The SMILES string of the molecule is CCOC(=O)c1c(-c2ccccc2)csc1Nc1nc(Cl)nc2cc(OC)c(OC)cc12. The predicted octanol–water partition coefficient (Wildman–Crippen LogP) is 5.95. The number of hydrogen-bond acceptors (Lipinski definition) is 8. The summed E-state index contributed by atoms with van der Waals surface area (Å²) >= 11 is 7.57. The minimum Gasteiger partial charge on any atom is -0.493 e. The number of methoxy groups -OCH3 is 2. The van der Waals surface area contributed by atoms with E-state index in [1.807, 2.05) is 35.7 Å². The van der Waals surface area contributed by atoms with E-state index in [0.29, 0.717) is 38.8 Å². The van der Waals surface area contributed by atoms with Crippen LogP contribution in [0.1, 0.15) is 17.3 Å². The first-order valence-corrected chi connectivity index (χ1v) is 11.0. The average Bonchev–Trinajstić information content (AvgIpc) is 3.22. The zero-order valence-corrected chi connectivity index (χ0v) is 19.2. The third-order valence-corrected chi connectivity index (χ3v) is 5.83. The summed E-state index contributed by atoms with van der Waals surface area (Å²) in [5.41, 5.74) is 2.70. The van der Waals surface area contributed by atoms with Gasteiger partial charge in [0.15, 0.2) is 11.5 Å². The van der Waals surface area contributed by atoms with Gasteiger partial charge in [0, 0.05) is 22.4 Å². The maximum atomic E-state index is 12.9. The molecule has 9 heteroatoms. The van der Waals surface area contributed by atoms with Crippen molar-refractivity contribution < 1.29 is 19.0 Å². The lowest BCUT2D eigenvalue weighted by atomic mass is 10.0. The fraction of sp³-hybridized carbons (Fsp3) is 0.174. The quantitative estimate of drug-likeness (QED) is 0.264. The van der Waals surface area contributed by atoms with Crippen molar-refractivity contribution in [1.29, 1.82) is 0 Å². The van der Waals surface area contributed by atoms with E-state index in [1.165, 1.54) is 11.3 Å². The minimum absolute atomic E-state index is 0.0599. The Kier molecular flexibility index (Phi) is 6.43. The molecule has 2 aromatic heterocycles. The molecule has 0 unspecified atom stereocenters. The van der Waals surface area contributed by atoms with Crippen molar-refractivity contribution in [2.45, 2.75) is 6.92 Å². The molecule has 0 bridgehead atoms. The number of carbonyl (C=O) groups is 1. The van der Waals surface area contributed by atoms with Crippen LogP contribution in [0.15, 0.2) is 47.8 Å². The van der Waals surface area contributed by atoms with E-state index in [9.17, 15) is 4.79 Å². The number of aromatic nitrogens is 2. The van der Waals surface area contributed by atoms with Crippen LogP contribution in [-0.2, 0) is 4.74 Å². The van der Waals surface area contributed by atoms with Gasteiger partial charge in [0.05, 0.1) is 26.3 Å². The molecule has 0 amide bonds. The number of esters is 1. The number of hydrogen-bond donors (Lipinski definition) is 1. The van der Waals surface area contributed by atoms with Gasteiger partial charge in [-0.15, -0.1) is 11.3 Å². The first-order chi connectivity index (χ1) is 15.5. The molecule has 2 heterocycles. The average molecular weight is 470 g/mol. The fourth-order valence-electron chi connectivity index (χ4n) is 3.32. The van der Waals surface area contributed by atoms with E-state index in [4.69, 9.17) is 25.8 Å². The molecule has 0 aliphatic carbocycles. The van der Waals surface area contributed by atoms with Crippen molar-refractivity contribution in [3.8, 4) is 22.6 Å². The van der Waals surface area contributed by atoms with Gasteiger partial charge in [-0.1, -0.05) is 30.3 Å². The number of thiophene rings is 1. The normalized spacial score (nSPS) is 10.8. The van der Waals surface area contributed by atoms with Crippen LogP contribution < -0.4 is 14.8 Å². The highest BCUT2D eigenvalue weighted by molar-refractivity contribution is 7.15. The highest BCUT2D eigenvalue weighted by Crippen LogP contribution is 2.40. The highest BCUT2D eigenvalue weighted by atomic mass is 35.5. The molecular formula is C23H20ClN3O4S. The van der Waals surface area contributed by atoms with Crippen molar-refractivity contribution in [1.82, 2.24) is 9.97 Å². The van der Waals surface area contributed by atoms with E-state index < -0.39 is 5.97 Å². The Morgan fingerprint density at radius 1 is 1.09 bits per heavy atom. The van der Waals surface area contributed by atoms with Crippen LogP contribution in [0.4, 0.5) is 10.8 Å². The summed E-state index contributed by atoms with van der Waals surface area (Å²) < 4.78 is 16.1. The topological polar surface area (TPSA) is 82.6 Å². The zero-order valence-electron chi connectivity index (χ0n) is 17.6. The molecule has 0 radical (unpaired) electrons. The summed E-state index contributed by atoms with van der Waals surface area (Å²) in [4.78, 5) is 21.5. The number of benzene rings is 2. The molecular weight excluding hydrogens is 450 g/mol. The molecule has 4 aromatic rings. The van der Waals surface area contributed by atoms with Crippen LogP contribution in [0.5, 0.6) is 11.5 Å². The summed E-state index contributed by atoms with van der Waals surface area (Å²) in [5.74, 6) is 1.07. The Hall–Kier alpha value is -3.36. The molecule has 32 heavy (non-hydrogen) atoms. The molecule has 164 valence electrons. The van der Waals surface area contributed by atoms with Gasteiger partial charge in [-0.3, -0.25) is 0 Å². The second kappa shape index (κ2) is 9.42. The summed E-state index contributed by atoms with van der Waals surface area (Å²) in [5, 5.41) is 6.49. The number of anilines is 2. The van der Waals surface area contributed by atoms with E-state index >= 15 is 0 Å². The molecule has 0 aliphatic rings. The Balaban J connectivity index is 1.85. The van der Waals surface area contributed by atoms with E-state index in [-0.39, 0.29) is 11.9 Å². The summed E-state index contributed by atoms with van der Waals surface area (Å²) in [7, 11) is 3.10. The van der Waals surface area contributed by atoms with Crippen molar-refractivity contribution in [3.63, 3.8) is 0 Å². The summed E-state index contributed by atoms with van der Waals surface area (Å²) in [6.07, 6.45) is 0. The molecule has 1 N–H and O–H groups in total. The lowest BCUT2D eigenvalue weighted by molar-refractivity contribution is 0.0529. The lowest BCUT2D eigenvalue weighted by Crippen LogP contribution is -2.08. The minimum atomic E-state index is -0.418. The van der Waals surface area contributed by atoms with Crippen LogP contribution in [0.25, 0.3) is 22.0 Å². The number of carbonyl (C=O) groups excluding carboxylic acids is 1. The van der Waals surface area contributed by atoms with Gasteiger partial charge in [-0.2, -0.15) is 4.98 Å². The molecule has 0 fully saturated rings. The van der Waals surface area contributed by atoms with Crippen LogP contribution in [0, 0.1) is 0 Å². The molecule has 4 rings (SSSR count). The highest BCUT2D eigenvalue weighted by Gasteiger charge is 2.23. The van der Waals surface area contributed by atoms with Crippen molar-refractivity contribution >= 4 is 50.6 Å². The number of fused-ring (bicyclic) bond motifs is 1. The van der Waals surface area contributed by atoms with E-state index in [0.717, 1.165) is 11.1 Å². The van der Waals surface area contributed by atoms with Crippen molar-refractivity contribution in [2.24, 2.45) is 0 Å². The number of rotatable bonds is 7. The maximum absolute atomic E-state index is 12.9. The first kappa shape index (κ1) is 21.9. The standard InChI is InChI=1S/C23H20ClN3O4S/c1-4-31-22(28)19-15(13-8-6-5-7-9-13)12-32-21(19)26-20-14-10-17(29-2)18(30-3)11-16(14)25-23(24)27-20/h5-12H,4H2,1-3H3,(H,25,26,27). The second-order valence-corrected chi connectivity index (χ2v) is 7.85. The molecule has 0 atom stereocenters. The number of ether oxygens (including phenoxy) is 3. The van der Waals surface area contributed by atoms with Gasteiger partial charge in [0.25, 0.3) is 0 Å². The molecule has 2 aromatic carbocycles. The third kappa shape index (κ3) is 4.19. The molecule has 7 nitrogen and oxygen atoms in total. The Labute approximate surface area is 193 Å². The number of halogens is 1. The third-order valence-electron chi connectivity index (χ3n) is 4.76. The summed E-state index contributed by atoms with van der Waals surface area (Å²) in [6.45, 7) is 2.04. The van der Waals surface area contributed by atoms with Gasteiger partial charge in [-0.25, -0.2) is 9.78 Å².